The van der Waals surface area contributed by atoms with Gasteiger partial charge in [-0.05, 0) is 37.4 Å². The summed E-state index contributed by atoms with van der Waals surface area (Å²) in [5.41, 5.74) is 0. The van der Waals surface area contributed by atoms with Crippen molar-refractivity contribution in [1.82, 2.24) is 0 Å². The second kappa shape index (κ2) is 7.63. The van der Waals surface area contributed by atoms with Crippen LogP contribution in [0.1, 0.15) is 72.1 Å². The summed E-state index contributed by atoms with van der Waals surface area (Å²) in [4.78, 5) is 0. The van der Waals surface area contributed by atoms with E-state index in [9.17, 15) is 0 Å². The van der Waals surface area contributed by atoms with Gasteiger partial charge in [0.05, 0.1) is 6.10 Å². The molecule has 19 heavy (non-hydrogen) atoms. The SMILES string of the molecule is CC(C)(C)[Si](C)(C)OC1C=CCCCCCCCC1. The summed E-state index contributed by atoms with van der Waals surface area (Å²) in [6.07, 6.45) is 15.8. The Morgan fingerprint density at radius 2 is 1.53 bits per heavy atom. The first-order chi connectivity index (χ1) is 8.83. The van der Waals surface area contributed by atoms with Crippen LogP contribution in [0.2, 0.25) is 18.1 Å². The fourth-order valence-electron chi connectivity index (χ4n) is 2.31. The van der Waals surface area contributed by atoms with E-state index >= 15 is 0 Å². The third-order valence-electron chi connectivity index (χ3n) is 4.71. The minimum atomic E-state index is -1.62. The Hall–Kier alpha value is -0.0831. The second-order valence-corrected chi connectivity index (χ2v) is 12.3. The van der Waals surface area contributed by atoms with Crippen LogP contribution in [0.4, 0.5) is 0 Å². The lowest BCUT2D eigenvalue weighted by molar-refractivity contribution is 0.210. The van der Waals surface area contributed by atoms with E-state index in [0.29, 0.717) is 11.1 Å². The van der Waals surface area contributed by atoms with E-state index in [4.69, 9.17) is 4.43 Å². The van der Waals surface area contributed by atoms with Crippen LogP contribution in [0, 0.1) is 0 Å². The zero-order chi connectivity index (χ0) is 14.4. The largest absolute Gasteiger partial charge is 0.411 e. The molecule has 1 aliphatic carbocycles. The highest BCUT2D eigenvalue weighted by molar-refractivity contribution is 6.74. The van der Waals surface area contributed by atoms with Crippen LogP contribution in [0.5, 0.6) is 0 Å². The molecule has 2 heteroatoms. The molecule has 0 spiro atoms. The van der Waals surface area contributed by atoms with Crippen molar-refractivity contribution in [2.75, 3.05) is 0 Å². The van der Waals surface area contributed by atoms with Gasteiger partial charge in [0.15, 0.2) is 8.32 Å². The van der Waals surface area contributed by atoms with Gasteiger partial charge in [0.1, 0.15) is 0 Å². The number of allylic oxidation sites excluding steroid dienone is 1. The highest BCUT2D eigenvalue weighted by Gasteiger charge is 2.38. The van der Waals surface area contributed by atoms with Gasteiger partial charge in [0, 0.05) is 0 Å². The van der Waals surface area contributed by atoms with Crippen molar-refractivity contribution in [2.24, 2.45) is 0 Å². The van der Waals surface area contributed by atoms with Crippen LogP contribution in [0.15, 0.2) is 12.2 Å². The van der Waals surface area contributed by atoms with Crippen molar-refractivity contribution in [3.8, 4) is 0 Å². The first-order valence-electron chi connectivity index (χ1n) is 8.17. The Bertz CT molecular complexity index is 275. The fraction of sp³-hybridized carbons (Fsp3) is 0.882. The molecule has 0 heterocycles. The lowest BCUT2D eigenvalue weighted by atomic mass is 10.1. The van der Waals surface area contributed by atoms with E-state index in [-0.39, 0.29) is 0 Å². The normalized spacial score (nSPS) is 23.9. The first kappa shape index (κ1) is 17.0. The summed E-state index contributed by atoms with van der Waals surface area (Å²) < 4.78 is 6.57. The Balaban J connectivity index is 2.60. The van der Waals surface area contributed by atoms with E-state index < -0.39 is 8.32 Å². The Morgan fingerprint density at radius 3 is 2.16 bits per heavy atom. The summed E-state index contributed by atoms with van der Waals surface area (Å²) in [6, 6.07) is 0. The van der Waals surface area contributed by atoms with E-state index in [2.05, 4.69) is 46.0 Å². The minimum absolute atomic E-state index is 0.313. The van der Waals surface area contributed by atoms with E-state index in [1.165, 1.54) is 51.4 Å². The van der Waals surface area contributed by atoms with Gasteiger partial charge in [-0.25, -0.2) is 0 Å². The van der Waals surface area contributed by atoms with Crippen LogP contribution in [0.3, 0.4) is 0 Å². The lowest BCUT2D eigenvalue weighted by Crippen LogP contribution is -2.43. The molecule has 0 saturated carbocycles. The van der Waals surface area contributed by atoms with Crippen LogP contribution >= 0.6 is 0 Å². The molecule has 1 aliphatic rings. The molecule has 1 rings (SSSR count). The maximum absolute atomic E-state index is 6.57. The Kier molecular flexibility index (Phi) is 6.82. The highest BCUT2D eigenvalue weighted by atomic mass is 28.4. The number of hydrogen-bond acceptors (Lipinski definition) is 1. The van der Waals surface area contributed by atoms with Gasteiger partial charge in [-0.1, -0.05) is 65.0 Å². The van der Waals surface area contributed by atoms with Gasteiger partial charge >= 0.3 is 0 Å². The molecule has 0 aromatic heterocycles. The average Bonchev–Trinajstić information content (AvgIpc) is 2.33. The lowest BCUT2D eigenvalue weighted by Gasteiger charge is -2.38. The predicted molar refractivity (Wildman–Crippen MR) is 88.1 cm³/mol. The summed E-state index contributed by atoms with van der Waals surface area (Å²) in [5.74, 6) is 0. The van der Waals surface area contributed by atoms with Crippen molar-refractivity contribution in [2.45, 2.75) is 96.4 Å². The molecule has 0 saturated heterocycles. The molecule has 0 amide bonds. The molecule has 0 fully saturated rings. The van der Waals surface area contributed by atoms with Gasteiger partial charge in [-0.15, -0.1) is 0 Å². The van der Waals surface area contributed by atoms with E-state index in [1.54, 1.807) is 0 Å². The summed E-state index contributed by atoms with van der Waals surface area (Å²) in [5, 5.41) is 0.313. The Labute approximate surface area is 122 Å². The molecular weight excluding hydrogens is 248 g/mol. The van der Waals surface area contributed by atoms with Crippen LogP contribution in [-0.2, 0) is 4.43 Å². The molecular formula is C17H34OSi. The quantitative estimate of drug-likeness (QED) is 0.441. The zero-order valence-corrected chi connectivity index (χ0v) is 14.8. The molecule has 0 aromatic carbocycles. The Morgan fingerprint density at radius 1 is 0.947 bits per heavy atom. The molecule has 0 N–H and O–H groups in total. The number of hydrogen-bond donors (Lipinski definition) is 0. The van der Waals surface area contributed by atoms with Crippen LogP contribution < -0.4 is 0 Å². The monoisotopic (exact) mass is 282 g/mol. The average molecular weight is 283 g/mol. The molecule has 1 unspecified atom stereocenters. The van der Waals surface area contributed by atoms with Gasteiger partial charge in [-0.3, -0.25) is 0 Å². The first-order valence-corrected chi connectivity index (χ1v) is 11.1. The molecule has 1 atom stereocenters. The van der Waals surface area contributed by atoms with Gasteiger partial charge in [-0.2, -0.15) is 0 Å². The van der Waals surface area contributed by atoms with Crippen molar-refractivity contribution < 1.29 is 4.43 Å². The molecule has 112 valence electrons. The maximum atomic E-state index is 6.57. The molecule has 0 bridgehead atoms. The molecule has 0 aliphatic heterocycles. The summed E-state index contributed by atoms with van der Waals surface area (Å²) in [7, 11) is -1.62. The van der Waals surface area contributed by atoms with Gasteiger partial charge in [0.25, 0.3) is 0 Å². The molecule has 0 radical (unpaired) electrons. The maximum Gasteiger partial charge on any atom is 0.192 e. The van der Waals surface area contributed by atoms with Crippen molar-refractivity contribution in [3.05, 3.63) is 12.2 Å². The van der Waals surface area contributed by atoms with E-state index in [1.807, 2.05) is 0 Å². The van der Waals surface area contributed by atoms with Crippen LogP contribution in [-0.4, -0.2) is 14.4 Å². The summed E-state index contributed by atoms with van der Waals surface area (Å²) in [6.45, 7) is 11.7. The molecule has 0 aromatic rings. The third kappa shape index (κ3) is 6.27. The fourth-order valence-corrected chi connectivity index (χ4v) is 3.62. The minimum Gasteiger partial charge on any atom is -0.411 e. The predicted octanol–water partition coefficient (Wildman–Crippen LogP) is 6.07. The summed E-state index contributed by atoms with van der Waals surface area (Å²) >= 11 is 0. The highest BCUT2D eigenvalue weighted by Crippen LogP contribution is 2.38. The topological polar surface area (TPSA) is 9.23 Å². The number of rotatable bonds is 2. The van der Waals surface area contributed by atoms with E-state index in [0.717, 1.165) is 0 Å². The van der Waals surface area contributed by atoms with Gasteiger partial charge in [0.2, 0.25) is 0 Å². The van der Waals surface area contributed by atoms with Crippen LogP contribution in [0.25, 0.3) is 0 Å². The molecule has 1 nitrogen and oxygen atoms in total. The smallest absolute Gasteiger partial charge is 0.192 e. The standard InChI is InChI=1S/C17H34OSi/c1-17(2,3)19(4,5)18-16-14-12-10-8-6-7-9-11-13-15-16/h12,14,16H,6-11,13,15H2,1-5H3. The zero-order valence-electron chi connectivity index (χ0n) is 13.8. The third-order valence-corrected chi connectivity index (χ3v) is 9.22. The van der Waals surface area contributed by atoms with Gasteiger partial charge < -0.3 is 4.43 Å². The van der Waals surface area contributed by atoms with Crippen molar-refractivity contribution >= 4 is 8.32 Å². The van der Waals surface area contributed by atoms with Crippen molar-refractivity contribution in [3.63, 3.8) is 0 Å². The van der Waals surface area contributed by atoms with Crippen molar-refractivity contribution in [1.29, 1.82) is 0 Å². The second-order valence-electron chi connectivity index (χ2n) is 7.54.